The van der Waals surface area contributed by atoms with Crippen LogP contribution in [0.5, 0.6) is 0 Å². The first kappa shape index (κ1) is 12.2. The zero-order valence-corrected chi connectivity index (χ0v) is 11.8. The summed E-state index contributed by atoms with van der Waals surface area (Å²) in [6, 6.07) is 8.44. The number of hydrogen-bond donors (Lipinski definition) is 1. The molecule has 4 heteroatoms. The SMILES string of the molecule is CC(C)c1ccc(-c2nn(C)c(N)c2Br)cc1. The van der Waals surface area contributed by atoms with E-state index in [4.69, 9.17) is 5.73 Å². The Labute approximate surface area is 110 Å². The molecule has 0 atom stereocenters. The van der Waals surface area contributed by atoms with Crippen LogP contribution >= 0.6 is 15.9 Å². The molecule has 0 radical (unpaired) electrons. The summed E-state index contributed by atoms with van der Waals surface area (Å²) >= 11 is 3.48. The Morgan fingerprint density at radius 1 is 1.24 bits per heavy atom. The number of nitrogen functional groups attached to an aromatic ring is 1. The summed E-state index contributed by atoms with van der Waals surface area (Å²) in [5, 5.41) is 4.40. The number of nitrogens with two attached hydrogens (primary N) is 1. The van der Waals surface area contributed by atoms with E-state index >= 15 is 0 Å². The fourth-order valence-electron chi connectivity index (χ4n) is 1.72. The van der Waals surface area contributed by atoms with E-state index in [9.17, 15) is 0 Å². The quantitative estimate of drug-likeness (QED) is 0.920. The van der Waals surface area contributed by atoms with Gasteiger partial charge >= 0.3 is 0 Å². The Kier molecular flexibility index (Phi) is 3.24. The lowest BCUT2D eigenvalue weighted by molar-refractivity contribution is 0.782. The van der Waals surface area contributed by atoms with Gasteiger partial charge in [-0.25, -0.2) is 0 Å². The van der Waals surface area contributed by atoms with Crippen molar-refractivity contribution in [2.75, 3.05) is 5.73 Å². The third-order valence-electron chi connectivity index (χ3n) is 2.88. The summed E-state index contributed by atoms with van der Waals surface area (Å²) in [4.78, 5) is 0. The smallest absolute Gasteiger partial charge is 0.136 e. The second-order valence-electron chi connectivity index (χ2n) is 4.45. The molecule has 2 rings (SSSR count). The minimum absolute atomic E-state index is 0.543. The first-order chi connectivity index (χ1) is 8.00. The summed E-state index contributed by atoms with van der Waals surface area (Å²) in [5.41, 5.74) is 9.17. The average molecular weight is 294 g/mol. The molecule has 0 saturated heterocycles. The Bertz CT molecular complexity index is 526. The second kappa shape index (κ2) is 4.53. The number of nitrogens with zero attached hydrogens (tertiary/aromatic N) is 2. The number of aromatic nitrogens is 2. The second-order valence-corrected chi connectivity index (χ2v) is 5.24. The molecule has 17 heavy (non-hydrogen) atoms. The zero-order chi connectivity index (χ0) is 12.6. The van der Waals surface area contributed by atoms with Crippen LogP contribution in [0, 0.1) is 0 Å². The molecule has 0 aliphatic heterocycles. The van der Waals surface area contributed by atoms with Crippen molar-refractivity contribution >= 4 is 21.7 Å². The summed E-state index contributed by atoms with van der Waals surface area (Å²) < 4.78 is 2.53. The Hall–Kier alpha value is -1.29. The average Bonchev–Trinajstić information content (AvgIpc) is 2.57. The van der Waals surface area contributed by atoms with Gasteiger partial charge in [-0.2, -0.15) is 5.10 Å². The molecule has 0 aliphatic carbocycles. The fraction of sp³-hybridized carbons (Fsp3) is 0.308. The van der Waals surface area contributed by atoms with Gasteiger partial charge in [0.15, 0.2) is 0 Å². The van der Waals surface area contributed by atoms with Crippen molar-refractivity contribution in [3.63, 3.8) is 0 Å². The van der Waals surface area contributed by atoms with E-state index in [-0.39, 0.29) is 0 Å². The van der Waals surface area contributed by atoms with Crippen LogP contribution in [-0.4, -0.2) is 9.78 Å². The number of rotatable bonds is 2. The lowest BCUT2D eigenvalue weighted by atomic mass is 10.0. The fourth-order valence-corrected chi connectivity index (χ4v) is 2.29. The van der Waals surface area contributed by atoms with Crippen molar-refractivity contribution in [2.24, 2.45) is 7.05 Å². The molecule has 2 N–H and O–H groups in total. The van der Waals surface area contributed by atoms with Crippen molar-refractivity contribution in [1.82, 2.24) is 9.78 Å². The van der Waals surface area contributed by atoms with Crippen molar-refractivity contribution in [2.45, 2.75) is 19.8 Å². The molecule has 1 aromatic heterocycles. The van der Waals surface area contributed by atoms with Gasteiger partial charge in [0.1, 0.15) is 11.5 Å². The molecule has 90 valence electrons. The molecule has 3 nitrogen and oxygen atoms in total. The van der Waals surface area contributed by atoms with Crippen molar-refractivity contribution < 1.29 is 0 Å². The Morgan fingerprint density at radius 2 is 1.82 bits per heavy atom. The number of benzene rings is 1. The highest BCUT2D eigenvalue weighted by Crippen LogP contribution is 2.32. The maximum atomic E-state index is 5.87. The molecule has 2 aromatic rings. The minimum Gasteiger partial charge on any atom is -0.383 e. The lowest BCUT2D eigenvalue weighted by Gasteiger charge is -2.05. The molecule has 0 amide bonds. The molecular weight excluding hydrogens is 278 g/mol. The van der Waals surface area contributed by atoms with Crippen LogP contribution in [-0.2, 0) is 7.05 Å². The normalized spacial score (nSPS) is 11.1. The summed E-state index contributed by atoms with van der Waals surface area (Å²) in [5.74, 6) is 1.19. The largest absolute Gasteiger partial charge is 0.383 e. The standard InChI is InChI=1S/C13H16BrN3/c1-8(2)9-4-6-10(7-5-9)12-11(14)13(15)17(3)16-12/h4-8H,15H2,1-3H3. The van der Waals surface area contributed by atoms with Gasteiger partial charge in [-0.05, 0) is 27.4 Å². The summed E-state index contributed by atoms with van der Waals surface area (Å²) in [6.45, 7) is 4.37. The minimum atomic E-state index is 0.543. The van der Waals surface area contributed by atoms with E-state index in [1.807, 2.05) is 7.05 Å². The highest BCUT2D eigenvalue weighted by molar-refractivity contribution is 9.10. The Morgan fingerprint density at radius 3 is 2.24 bits per heavy atom. The number of anilines is 1. The summed E-state index contributed by atoms with van der Waals surface area (Å²) in [7, 11) is 1.84. The Balaban J connectivity index is 2.43. The highest BCUT2D eigenvalue weighted by Gasteiger charge is 2.12. The number of aryl methyl sites for hydroxylation is 1. The molecule has 0 fully saturated rings. The van der Waals surface area contributed by atoms with E-state index in [1.165, 1.54) is 5.56 Å². The zero-order valence-electron chi connectivity index (χ0n) is 10.2. The topological polar surface area (TPSA) is 43.8 Å². The van der Waals surface area contributed by atoms with Crippen LogP contribution in [0.15, 0.2) is 28.7 Å². The van der Waals surface area contributed by atoms with Gasteiger partial charge in [0.25, 0.3) is 0 Å². The molecule has 0 unspecified atom stereocenters. The van der Waals surface area contributed by atoms with Crippen LogP contribution in [0.25, 0.3) is 11.3 Å². The van der Waals surface area contributed by atoms with Crippen LogP contribution < -0.4 is 5.73 Å². The van der Waals surface area contributed by atoms with Gasteiger partial charge in [0.2, 0.25) is 0 Å². The van der Waals surface area contributed by atoms with E-state index in [0.29, 0.717) is 11.7 Å². The van der Waals surface area contributed by atoms with Gasteiger partial charge in [-0.15, -0.1) is 0 Å². The van der Waals surface area contributed by atoms with Crippen molar-refractivity contribution in [3.05, 3.63) is 34.3 Å². The van der Waals surface area contributed by atoms with Crippen LogP contribution in [0.1, 0.15) is 25.3 Å². The van der Waals surface area contributed by atoms with Gasteiger partial charge < -0.3 is 5.73 Å². The molecule has 1 heterocycles. The molecule has 0 spiro atoms. The molecular formula is C13H16BrN3. The number of hydrogen-bond acceptors (Lipinski definition) is 2. The molecule has 0 saturated carbocycles. The van der Waals surface area contributed by atoms with E-state index in [0.717, 1.165) is 15.7 Å². The monoisotopic (exact) mass is 293 g/mol. The molecule has 1 aromatic carbocycles. The van der Waals surface area contributed by atoms with Crippen LogP contribution in [0.2, 0.25) is 0 Å². The van der Waals surface area contributed by atoms with Gasteiger partial charge in [0.05, 0.1) is 4.47 Å². The van der Waals surface area contributed by atoms with Crippen LogP contribution in [0.3, 0.4) is 0 Å². The maximum Gasteiger partial charge on any atom is 0.136 e. The molecule has 0 aliphatic rings. The van der Waals surface area contributed by atoms with Crippen molar-refractivity contribution in [1.29, 1.82) is 0 Å². The first-order valence-electron chi connectivity index (χ1n) is 5.59. The highest BCUT2D eigenvalue weighted by atomic mass is 79.9. The predicted molar refractivity (Wildman–Crippen MR) is 74.8 cm³/mol. The van der Waals surface area contributed by atoms with Crippen molar-refractivity contribution in [3.8, 4) is 11.3 Å². The van der Waals surface area contributed by atoms with Gasteiger partial charge in [-0.3, -0.25) is 4.68 Å². The predicted octanol–water partition coefficient (Wildman–Crippen LogP) is 3.56. The third-order valence-corrected chi connectivity index (χ3v) is 3.66. The van der Waals surface area contributed by atoms with Gasteiger partial charge in [0, 0.05) is 12.6 Å². The van der Waals surface area contributed by atoms with Gasteiger partial charge in [-0.1, -0.05) is 38.1 Å². The summed E-state index contributed by atoms with van der Waals surface area (Å²) in [6.07, 6.45) is 0. The van der Waals surface area contributed by atoms with E-state index < -0.39 is 0 Å². The molecule has 0 bridgehead atoms. The van der Waals surface area contributed by atoms with E-state index in [2.05, 4.69) is 59.1 Å². The first-order valence-corrected chi connectivity index (χ1v) is 6.38. The van der Waals surface area contributed by atoms with Crippen LogP contribution in [0.4, 0.5) is 5.82 Å². The number of halogens is 1. The lowest BCUT2D eigenvalue weighted by Crippen LogP contribution is -1.97. The van der Waals surface area contributed by atoms with E-state index in [1.54, 1.807) is 4.68 Å². The maximum absolute atomic E-state index is 5.87. The third kappa shape index (κ3) is 2.22.